The van der Waals surface area contributed by atoms with Crippen LogP contribution in [0.25, 0.3) is 0 Å². The molecule has 2 aromatic carbocycles. The number of halogens is 1. The van der Waals surface area contributed by atoms with Gasteiger partial charge in [0.05, 0.1) is 12.6 Å². The molecule has 0 saturated carbocycles. The number of rotatable bonds is 6. The maximum Gasteiger partial charge on any atom is 0.0657 e. The van der Waals surface area contributed by atoms with E-state index in [0.717, 1.165) is 10.6 Å². The predicted molar refractivity (Wildman–Crippen MR) is 84.1 cm³/mol. The molecular weight excluding hydrogens is 270 g/mol. The van der Waals surface area contributed by atoms with Gasteiger partial charge in [0.25, 0.3) is 0 Å². The molecule has 106 valence electrons. The topological polar surface area (TPSA) is 21.3 Å². The van der Waals surface area contributed by atoms with Crippen LogP contribution in [0, 0.1) is 0 Å². The molecule has 0 aliphatic heterocycles. The first kappa shape index (κ1) is 15.0. The number of nitrogens with one attached hydrogen (secondary N) is 1. The highest BCUT2D eigenvalue weighted by molar-refractivity contribution is 6.31. The molecule has 0 aliphatic rings. The van der Waals surface area contributed by atoms with Gasteiger partial charge in [0, 0.05) is 18.2 Å². The first-order valence-electron chi connectivity index (χ1n) is 6.76. The Labute approximate surface area is 125 Å². The number of hydrogen-bond acceptors (Lipinski definition) is 2. The van der Waals surface area contributed by atoms with Crippen molar-refractivity contribution in [1.29, 1.82) is 0 Å². The van der Waals surface area contributed by atoms with Gasteiger partial charge in [-0.2, -0.15) is 0 Å². The predicted octanol–water partition coefficient (Wildman–Crippen LogP) is 4.38. The molecule has 0 aliphatic carbocycles. The molecule has 0 spiro atoms. The standard InChI is InChI=1S/C17H20ClNO/c1-13(15-10-6-7-11-16(15)18)19-17(12-20-2)14-8-4-3-5-9-14/h3-11,13,17,19H,12H2,1-2H3/t13-,17?/m1/s1. The van der Waals surface area contributed by atoms with Gasteiger partial charge in [-0.1, -0.05) is 60.1 Å². The Bertz CT molecular complexity index is 530. The van der Waals surface area contributed by atoms with E-state index in [-0.39, 0.29) is 12.1 Å². The zero-order valence-corrected chi connectivity index (χ0v) is 12.6. The third-order valence-corrected chi connectivity index (χ3v) is 3.70. The number of methoxy groups -OCH3 is 1. The molecule has 0 heterocycles. The lowest BCUT2D eigenvalue weighted by Gasteiger charge is -2.24. The summed E-state index contributed by atoms with van der Waals surface area (Å²) in [5, 5.41) is 4.37. The highest BCUT2D eigenvalue weighted by Crippen LogP contribution is 2.25. The van der Waals surface area contributed by atoms with E-state index in [9.17, 15) is 0 Å². The second kappa shape index (κ2) is 7.44. The van der Waals surface area contributed by atoms with Crippen molar-refractivity contribution in [1.82, 2.24) is 5.32 Å². The fourth-order valence-electron chi connectivity index (χ4n) is 2.31. The number of benzene rings is 2. The van der Waals surface area contributed by atoms with Crippen molar-refractivity contribution in [2.75, 3.05) is 13.7 Å². The largest absolute Gasteiger partial charge is 0.383 e. The highest BCUT2D eigenvalue weighted by atomic mass is 35.5. The summed E-state index contributed by atoms with van der Waals surface area (Å²) in [6.45, 7) is 2.74. The third kappa shape index (κ3) is 3.83. The fourth-order valence-corrected chi connectivity index (χ4v) is 2.61. The third-order valence-electron chi connectivity index (χ3n) is 3.36. The van der Waals surface area contributed by atoms with Crippen LogP contribution < -0.4 is 5.32 Å². The maximum absolute atomic E-state index is 6.25. The van der Waals surface area contributed by atoms with Crippen LogP contribution in [0.2, 0.25) is 5.02 Å². The van der Waals surface area contributed by atoms with E-state index in [1.54, 1.807) is 7.11 Å². The van der Waals surface area contributed by atoms with Crippen LogP contribution in [0.4, 0.5) is 0 Å². The minimum Gasteiger partial charge on any atom is -0.383 e. The quantitative estimate of drug-likeness (QED) is 0.852. The molecule has 2 aromatic rings. The zero-order chi connectivity index (χ0) is 14.4. The van der Waals surface area contributed by atoms with E-state index in [2.05, 4.69) is 30.4 Å². The summed E-state index contributed by atoms with van der Waals surface area (Å²) in [6.07, 6.45) is 0. The van der Waals surface area contributed by atoms with Gasteiger partial charge in [-0.25, -0.2) is 0 Å². The first-order valence-corrected chi connectivity index (χ1v) is 7.14. The van der Waals surface area contributed by atoms with Gasteiger partial charge in [0.15, 0.2) is 0 Å². The van der Waals surface area contributed by atoms with Gasteiger partial charge < -0.3 is 10.1 Å². The lowest BCUT2D eigenvalue weighted by molar-refractivity contribution is 0.162. The van der Waals surface area contributed by atoms with Crippen molar-refractivity contribution < 1.29 is 4.74 Å². The molecule has 2 rings (SSSR count). The summed E-state index contributed by atoms with van der Waals surface area (Å²) in [4.78, 5) is 0. The summed E-state index contributed by atoms with van der Waals surface area (Å²) in [6, 6.07) is 18.5. The molecular formula is C17H20ClNO. The maximum atomic E-state index is 6.25. The van der Waals surface area contributed by atoms with Crippen LogP contribution in [0.3, 0.4) is 0 Å². The molecule has 2 atom stereocenters. The second-order valence-corrected chi connectivity index (χ2v) is 5.24. The van der Waals surface area contributed by atoms with Crippen molar-refractivity contribution >= 4 is 11.6 Å². The van der Waals surface area contributed by atoms with Gasteiger partial charge >= 0.3 is 0 Å². The van der Waals surface area contributed by atoms with Crippen LogP contribution in [-0.4, -0.2) is 13.7 Å². The monoisotopic (exact) mass is 289 g/mol. The minimum atomic E-state index is 0.146. The average Bonchev–Trinajstić information content (AvgIpc) is 2.48. The van der Waals surface area contributed by atoms with Crippen LogP contribution in [-0.2, 0) is 4.74 Å². The molecule has 2 nitrogen and oxygen atoms in total. The molecule has 0 aromatic heterocycles. The smallest absolute Gasteiger partial charge is 0.0657 e. The SMILES string of the molecule is COCC(N[C@H](C)c1ccccc1Cl)c1ccccc1. The van der Waals surface area contributed by atoms with E-state index in [1.807, 2.05) is 36.4 Å². The van der Waals surface area contributed by atoms with Crippen LogP contribution in [0.15, 0.2) is 54.6 Å². The van der Waals surface area contributed by atoms with Crippen LogP contribution >= 0.6 is 11.6 Å². The Morgan fingerprint density at radius 2 is 1.70 bits per heavy atom. The summed E-state index contributed by atoms with van der Waals surface area (Å²) < 4.78 is 5.33. The second-order valence-electron chi connectivity index (χ2n) is 4.83. The van der Waals surface area contributed by atoms with Gasteiger partial charge in [0.2, 0.25) is 0 Å². The Hall–Kier alpha value is -1.35. The van der Waals surface area contributed by atoms with Crippen LogP contribution in [0.1, 0.15) is 30.1 Å². The van der Waals surface area contributed by atoms with Gasteiger partial charge in [0.1, 0.15) is 0 Å². The van der Waals surface area contributed by atoms with Gasteiger partial charge in [-0.05, 0) is 24.1 Å². The van der Waals surface area contributed by atoms with Gasteiger partial charge in [-0.3, -0.25) is 0 Å². The van der Waals surface area contributed by atoms with E-state index in [0.29, 0.717) is 6.61 Å². The van der Waals surface area contributed by atoms with Crippen molar-refractivity contribution in [2.24, 2.45) is 0 Å². The molecule has 0 saturated heterocycles. The summed E-state index contributed by atoms with van der Waals surface area (Å²) in [5.74, 6) is 0. The van der Waals surface area contributed by atoms with Crippen molar-refractivity contribution in [3.63, 3.8) is 0 Å². The molecule has 0 amide bonds. The van der Waals surface area contributed by atoms with Crippen LogP contribution in [0.5, 0.6) is 0 Å². The molecule has 20 heavy (non-hydrogen) atoms. The lowest BCUT2D eigenvalue weighted by atomic mass is 10.0. The Kier molecular flexibility index (Phi) is 5.60. The molecule has 0 bridgehead atoms. The minimum absolute atomic E-state index is 0.146. The Morgan fingerprint density at radius 3 is 2.35 bits per heavy atom. The Balaban J connectivity index is 2.14. The molecule has 1 N–H and O–H groups in total. The molecule has 0 fully saturated rings. The van der Waals surface area contributed by atoms with Crippen molar-refractivity contribution in [2.45, 2.75) is 19.0 Å². The summed E-state index contributed by atoms with van der Waals surface area (Å²) in [5.41, 5.74) is 2.32. The molecule has 1 unspecified atom stereocenters. The molecule has 3 heteroatoms. The van der Waals surface area contributed by atoms with Crippen molar-refractivity contribution in [3.8, 4) is 0 Å². The van der Waals surface area contributed by atoms with E-state index in [4.69, 9.17) is 16.3 Å². The highest BCUT2D eigenvalue weighted by Gasteiger charge is 2.16. The zero-order valence-electron chi connectivity index (χ0n) is 11.8. The van der Waals surface area contributed by atoms with E-state index in [1.165, 1.54) is 5.56 Å². The average molecular weight is 290 g/mol. The summed E-state index contributed by atoms with van der Waals surface area (Å²) >= 11 is 6.25. The fraction of sp³-hybridized carbons (Fsp3) is 0.294. The van der Waals surface area contributed by atoms with E-state index >= 15 is 0 Å². The number of hydrogen-bond donors (Lipinski definition) is 1. The Morgan fingerprint density at radius 1 is 1.05 bits per heavy atom. The lowest BCUT2D eigenvalue weighted by Crippen LogP contribution is -2.28. The molecule has 0 radical (unpaired) electrons. The summed E-state index contributed by atoms with van der Waals surface area (Å²) in [7, 11) is 1.72. The van der Waals surface area contributed by atoms with Crippen molar-refractivity contribution in [3.05, 3.63) is 70.7 Å². The van der Waals surface area contributed by atoms with Gasteiger partial charge in [-0.15, -0.1) is 0 Å². The first-order chi connectivity index (χ1) is 9.72. The van der Waals surface area contributed by atoms with E-state index < -0.39 is 0 Å². The number of ether oxygens (including phenoxy) is 1. The normalized spacial score (nSPS) is 13.9.